The van der Waals surface area contributed by atoms with E-state index >= 15 is 0 Å². The first-order valence-electron chi connectivity index (χ1n) is 5.20. The predicted molar refractivity (Wildman–Crippen MR) is 62.9 cm³/mol. The number of halogens is 1. The second-order valence-corrected chi connectivity index (χ2v) is 3.67. The molecule has 0 amide bonds. The van der Waals surface area contributed by atoms with E-state index in [0.29, 0.717) is 18.8 Å². The van der Waals surface area contributed by atoms with Gasteiger partial charge < -0.3 is 10.1 Å². The molecule has 0 aromatic heterocycles. The Morgan fingerprint density at radius 1 is 1.56 bits per heavy atom. The topological polar surface area (TPSA) is 21.3 Å². The molecule has 0 spiro atoms. The molecular formula is C13H16FNO. The maximum Gasteiger partial charge on any atom is 0.123 e. The summed E-state index contributed by atoms with van der Waals surface area (Å²) < 4.78 is 18.5. The minimum atomic E-state index is -0.247. The molecule has 1 N–H and O–H groups in total. The van der Waals surface area contributed by atoms with E-state index in [-0.39, 0.29) is 11.9 Å². The highest BCUT2D eigenvalue weighted by Gasteiger charge is 2.06. The molecule has 16 heavy (non-hydrogen) atoms. The van der Waals surface area contributed by atoms with Crippen LogP contribution in [0.2, 0.25) is 0 Å². The van der Waals surface area contributed by atoms with Gasteiger partial charge in [0.1, 0.15) is 17.7 Å². The van der Waals surface area contributed by atoms with Crippen molar-refractivity contribution in [3.8, 4) is 18.1 Å². The van der Waals surface area contributed by atoms with Crippen LogP contribution in [0.5, 0.6) is 5.75 Å². The van der Waals surface area contributed by atoms with Crippen LogP contribution in [0.3, 0.4) is 0 Å². The Labute approximate surface area is 95.8 Å². The summed E-state index contributed by atoms with van der Waals surface area (Å²) in [7, 11) is 0. The Kier molecular flexibility index (Phi) is 4.81. The number of aryl methyl sites for hydroxylation is 1. The van der Waals surface area contributed by atoms with Crippen molar-refractivity contribution in [2.45, 2.75) is 20.0 Å². The molecule has 1 aromatic carbocycles. The molecule has 1 unspecified atom stereocenters. The van der Waals surface area contributed by atoms with Crippen LogP contribution in [-0.2, 0) is 0 Å². The van der Waals surface area contributed by atoms with Gasteiger partial charge >= 0.3 is 0 Å². The Bertz CT molecular complexity index is 384. The molecular weight excluding hydrogens is 205 g/mol. The van der Waals surface area contributed by atoms with Gasteiger partial charge in [0, 0.05) is 6.54 Å². The summed E-state index contributed by atoms with van der Waals surface area (Å²) in [4.78, 5) is 0. The smallest absolute Gasteiger partial charge is 0.123 e. The van der Waals surface area contributed by atoms with Gasteiger partial charge in [0.2, 0.25) is 0 Å². The van der Waals surface area contributed by atoms with Crippen LogP contribution in [0.4, 0.5) is 4.39 Å². The van der Waals surface area contributed by atoms with Gasteiger partial charge in [-0.15, -0.1) is 6.42 Å². The van der Waals surface area contributed by atoms with Crippen LogP contribution in [0.15, 0.2) is 18.2 Å². The lowest BCUT2D eigenvalue weighted by Crippen LogP contribution is -2.29. The van der Waals surface area contributed by atoms with Crippen molar-refractivity contribution in [3.63, 3.8) is 0 Å². The Hall–Kier alpha value is -1.53. The number of benzene rings is 1. The van der Waals surface area contributed by atoms with E-state index in [1.807, 2.05) is 13.8 Å². The van der Waals surface area contributed by atoms with E-state index in [2.05, 4.69) is 11.2 Å². The van der Waals surface area contributed by atoms with Crippen molar-refractivity contribution in [2.24, 2.45) is 0 Å². The fourth-order valence-corrected chi connectivity index (χ4v) is 1.35. The molecule has 0 aliphatic rings. The Balaban J connectivity index is 2.50. The van der Waals surface area contributed by atoms with Gasteiger partial charge in [-0.2, -0.15) is 0 Å². The zero-order chi connectivity index (χ0) is 12.0. The monoisotopic (exact) mass is 221 g/mol. The summed E-state index contributed by atoms with van der Waals surface area (Å²) in [5.74, 6) is 2.95. The Morgan fingerprint density at radius 2 is 2.31 bits per heavy atom. The van der Waals surface area contributed by atoms with Gasteiger partial charge in [-0.25, -0.2) is 4.39 Å². The number of hydrogen-bond acceptors (Lipinski definition) is 2. The molecule has 0 radical (unpaired) electrons. The number of terminal acetylenes is 1. The number of ether oxygens (including phenoxy) is 1. The predicted octanol–water partition coefficient (Wildman–Crippen LogP) is 2.12. The maximum absolute atomic E-state index is 12.8. The molecule has 0 aliphatic carbocycles. The lowest BCUT2D eigenvalue weighted by molar-refractivity contribution is 0.217. The molecule has 0 bridgehead atoms. The number of hydrogen-bond donors (Lipinski definition) is 1. The van der Waals surface area contributed by atoms with Gasteiger partial charge in [-0.3, -0.25) is 0 Å². The summed E-state index contributed by atoms with van der Waals surface area (Å²) in [6.07, 6.45) is 5.11. The van der Waals surface area contributed by atoms with Crippen LogP contribution in [-0.4, -0.2) is 19.2 Å². The highest BCUT2D eigenvalue weighted by Crippen LogP contribution is 2.19. The minimum absolute atomic E-state index is 0.00230. The Morgan fingerprint density at radius 3 is 2.94 bits per heavy atom. The average molecular weight is 221 g/mol. The highest BCUT2D eigenvalue weighted by atomic mass is 19.1. The van der Waals surface area contributed by atoms with Crippen molar-refractivity contribution in [2.75, 3.05) is 13.1 Å². The molecule has 0 heterocycles. The van der Waals surface area contributed by atoms with E-state index in [9.17, 15) is 4.39 Å². The molecule has 3 heteroatoms. The summed E-state index contributed by atoms with van der Waals surface area (Å²) in [6.45, 7) is 4.95. The fourth-order valence-electron chi connectivity index (χ4n) is 1.35. The summed E-state index contributed by atoms with van der Waals surface area (Å²) in [5, 5.41) is 3.05. The lowest BCUT2D eigenvalue weighted by atomic mass is 10.2. The molecule has 1 atom stereocenters. The third-order valence-electron chi connectivity index (χ3n) is 2.12. The quantitative estimate of drug-likeness (QED) is 0.607. The van der Waals surface area contributed by atoms with Crippen molar-refractivity contribution in [1.82, 2.24) is 5.32 Å². The van der Waals surface area contributed by atoms with Crippen molar-refractivity contribution < 1.29 is 9.13 Å². The molecule has 0 saturated heterocycles. The van der Waals surface area contributed by atoms with Gasteiger partial charge in [-0.1, -0.05) is 5.92 Å². The maximum atomic E-state index is 12.8. The second-order valence-electron chi connectivity index (χ2n) is 3.67. The second kappa shape index (κ2) is 6.14. The fraction of sp³-hybridized carbons (Fsp3) is 0.385. The summed E-state index contributed by atoms with van der Waals surface area (Å²) in [5.41, 5.74) is 0.795. The van der Waals surface area contributed by atoms with E-state index < -0.39 is 0 Å². The molecule has 86 valence electrons. The van der Waals surface area contributed by atoms with E-state index in [1.165, 1.54) is 12.1 Å². The first-order chi connectivity index (χ1) is 7.63. The van der Waals surface area contributed by atoms with E-state index in [1.54, 1.807) is 6.07 Å². The lowest BCUT2D eigenvalue weighted by Gasteiger charge is -2.16. The first-order valence-corrected chi connectivity index (χ1v) is 5.20. The largest absolute Gasteiger partial charge is 0.489 e. The molecule has 0 aliphatic heterocycles. The third-order valence-corrected chi connectivity index (χ3v) is 2.12. The van der Waals surface area contributed by atoms with Crippen LogP contribution in [0.1, 0.15) is 12.5 Å². The molecule has 1 rings (SSSR count). The van der Waals surface area contributed by atoms with Crippen LogP contribution < -0.4 is 10.1 Å². The highest BCUT2D eigenvalue weighted by molar-refractivity contribution is 5.32. The van der Waals surface area contributed by atoms with Gasteiger partial charge in [0.15, 0.2) is 0 Å². The summed E-state index contributed by atoms with van der Waals surface area (Å²) in [6, 6.07) is 4.49. The standard InChI is InChI=1S/C13H16FNO/c1-4-7-15-9-11(3)16-13-6-5-12(14)8-10(13)2/h1,5-6,8,11,15H,7,9H2,2-3H3. The molecule has 1 aromatic rings. The normalized spacial score (nSPS) is 11.9. The molecule has 0 fully saturated rings. The van der Waals surface area contributed by atoms with Crippen molar-refractivity contribution in [3.05, 3.63) is 29.6 Å². The first kappa shape index (κ1) is 12.5. The van der Waals surface area contributed by atoms with Crippen LogP contribution in [0, 0.1) is 25.1 Å². The minimum Gasteiger partial charge on any atom is -0.489 e. The molecule has 0 saturated carbocycles. The van der Waals surface area contributed by atoms with Crippen molar-refractivity contribution >= 4 is 0 Å². The van der Waals surface area contributed by atoms with Crippen LogP contribution >= 0.6 is 0 Å². The van der Waals surface area contributed by atoms with Gasteiger partial charge in [-0.05, 0) is 37.6 Å². The van der Waals surface area contributed by atoms with Gasteiger partial charge in [0.05, 0.1) is 6.54 Å². The average Bonchev–Trinajstić information content (AvgIpc) is 2.23. The van der Waals surface area contributed by atoms with Gasteiger partial charge in [0.25, 0.3) is 0 Å². The van der Waals surface area contributed by atoms with E-state index in [0.717, 1.165) is 5.56 Å². The van der Waals surface area contributed by atoms with Crippen molar-refractivity contribution in [1.29, 1.82) is 0 Å². The zero-order valence-electron chi connectivity index (χ0n) is 9.59. The number of rotatable bonds is 5. The van der Waals surface area contributed by atoms with Crippen LogP contribution in [0.25, 0.3) is 0 Å². The SMILES string of the molecule is C#CCNCC(C)Oc1ccc(F)cc1C. The third kappa shape index (κ3) is 3.92. The number of nitrogens with one attached hydrogen (secondary N) is 1. The van der Waals surface area contributed by atoms with E-state index in [4.69, 9.17) is 11.2 Å². The zero-order valence-corrected chi connectivity index (χ0v) is 9.59. The summed E-state index contributed by atoms with van der Waals surface area (Å²) >= 11 is 0. The molecule has 2 nitrogen and oxygen atoms in total.